The van der Waals surface area contributed by atoms with Crippen LogP contribution in [0.3, 0.4) is 0 Å². The van der Waals surface area contributed by atoms with Crippen molar-refractivity contribution in [3.8, 4) is 5.75 Å². The highest BCUT2D eigenvalue weighted by molar-refractivity contribution is 6.33. The van der Waals surface area contributed by atoms with E-state index >= 15 is 0 Å². The second-order valence-electron chi connectivity index (χ2n) is 3.32. The lowest BCUT2D eigenvalue weighted by Gasteiger charge is -2.08. The van der Waals surface area contributed by atoms with Crippen molar-refractivity contribution in [3.05, 3.63) is 44.4 Å². The average molecular weight is 268 g/mol. The van der Waals surface area contributed by atoms with E-state index in [1.165, 1.54) is 13.2 Å². The first-order chi connectivity index (χ1) is 8.51. The monoisotopic (exact) mass is 267 g/mol. The molecule has 0 fully saturated rings. The number of carboxylic acid groups (broad SMARTS) is 1. The fourth-order valence-corrected chi connectivity index (χ4v) is 1.56. The van der Waals surface area contributed by atoms with E-state index in [2.05, 4.69) is 10.0 Å². The van der Waals surface area contributed by atoms with Crippen molar-refractivity contribution in [2.45, 2.75) is 6.92 Å². The van der Waals surface area contributed by atoms with Gasteiger partial charge in [0.1, 0.15) is 11.4 Å². The van der Waals surface area contributed by atoms with Gasteiger partial charge in [-0.3, -0.25) is 0 Å². The van der Waals surface area contributed by atoms with Gasteiger partial charge in [-0.15, -0.1) is 0 Å². The van der Waals surface area contributed by atoms with Crippen LogP contribution in [-0.4, -0.2) is 18.2 Å². The summed E-state index contributed by atoms with van der Waals surface area (Å²) in [6.07, 6.45) is 1.21. The molecule has 0 heterocycles. The molecule has 0 amide bonds. The number of ether oxygens (including phenoxy) is 1. The number of hydrogen-bond acceptors (Lipinski definition) is 3. The Bertz CT molecular complexity index is 559. The Kier molecular flexibility index (Phi) is 4.59. The van der Waals surface area contributed by atoms with E-state index in [0.29, 0.717) is 21.9 Å². The molecule has 18 heavy (non-hydrogen) atoms. The molecular formula is C11H10ClN3O3. The normalized spacial score (nSPS) is 10.7. The highest BCUT2D eigenvalue weighted by atomic mass is 35.5. The number of carbonyl (C=O) groups is 1. The Morgan fingerprint density at radius 1 is 1.61 bits per heavy atom. The summed E-state index contributed by atoms with van der Waals surface area (Å²) in [4.78, 5) is 13.3. The third-order valence-electron chi connectivity index (χ3n) is 2.25. The topological polar surface area (TPSA) is 95.3 Å². The molecule has 0 saturated heterocycles. The van der Waals surface area contributed by atoms with Crippen LogP contribution in [0, 0.1) is 6.92 Å². The quantitative estimate of drug-likeness (QED) is 0.392. The SMILES string of the molecule is COc1ccc(/C=C(\N=[N+]=[N-])C(=O)O)c(Cl)c1C. The first-order valence-corrected chi connectivity index (χ1v) is 5.22. The molecule has 6 nitrogen and oxygen atoms in total. The Labute approximate surface area is 108 Å². The summed E-state index contributed by atoms with van der Waals surface area (Å²) < 4.78 is 5.08. The zero-order valence-electron chi connectivity index (χ0n) is 9.72. The maximum atomic E-state index is 10.8. The largest absolute Gasteiger partial charge is 0.496 e. The lowest BCUT2D eigenvalue weighted by atomic mass is 10.1. The van der Waals surface area contributed by atoms with E-state index in [1.54, 1.807) is 19.1 Å². The molecular weight excluding hydrogens is 258 g/mol. The lowest BCUT2D eigenvalue weighted by molar-refractivity contribution is -0.132. The van der Waals surface area contributed by atoms with Crippen molar-refractivity contribution >= 4 is 23.6 Å². The Balaban J connectivity index is 3.34. The molecule has 1 aromatic rings. The van der Waals surface area contributed by atoms with Gasteiger partial charge in [0, 0.05) is 10.5 Å². The second kappa shape index (κ2) is 5.95. The van der Waals surface area contributed by atoms with Gasteiger partial charge in [-0.1, -0.05) is 16.7 Å². The van der Waals surface area contributed by atoms with E-state index in [0.717, 1.165) is 0 Å². The molecule has 94 valence electrons. The first kappa shape index (κ1) is 13.9. The van der Waals surface area contributed by atoms with Gasteiger partial charge in [0.2, 0.25) is 0 Å². The van der Waals surface area contributed by atoms with E-state index in [4.69, 9.17) is 27.0 Å². The summed E-state index contributed by atoms with van der Waals surface area (Å²) in [6, 6.07) is 3.24. The number of benzene rings is 1. The average Bonchev–Trinajstić information content (AvgIpc) is 2.34. The smallest absolute Gasteiger partial charge is 0.338 e. The summed E-state index contributed by atoms with van der Waals surface area (Å²) in [6.45, 7) is 1.74. The zero-order chi connectivity index (χ0) is 13.7. The predicted octanol–water partition coefficient (Wildman–Crippen LogP) is 3.39. The number of halogens is 1. The summed E-state index contributed by atoms with van der Waals surface area (Å²) in [5.74, 6) is -0.727. The molecule has 0 aliphatic carbocycles. The van der Waals surface area contributed by atoms with Crippen LogP contribution in [0.5, 0.6) is 5.75 Å². The molecule has 0 bridgehead atoms. The van der Waals surface area contributed by atoms with Crippen molar-refractivity contribution in [3.63, 3.8) is 0 Å². The Hall–Kier alpha value is -2.17. The summed E-state index contributed by atoms with van der Waals surface area (Å²) >= 11 is 6.07. The highest BCUT2D eigenvalue weighted by Gasteiger charge is 2.10. The molecule has 7 heteroatoms. The van der Waals surface area contributed by atoms with E-state index < -0.39 is 11.7 Å². The third kappa shape index (κ3) is 2.94. The zero-order valence-corrected chi connectivity index (χ0v) is 10.5. The predicted molar refractivity (Wildman–Crippen MR) is 67.5 cm³/mol. The number of carboxylic acids is 1. The third-order valence-corrected chi connectivity index (χ3v) is 2.75. The van der Waals surface area contributed by atoms with Crippen molar-refractivity contribution < 1.29 is 14.6 Å². The van der Waals surface area contributed by atoms with Crippen LogP contribution < -0.4 is 4.74 Å². The van der Waals surface area contributed by atoms with Gasteiger partial charge in [-0.2, -0.15) is 0 Å². The lowest BCUT2D eigenvalue weighted by Crippen LogP contribution is -1.97. The van der Waals surface area contributed by atoms with Gasteiger partial charge in [-0.05, 0) is 36.2 Å². The molecule has 1 N–H and O–H groups in total. The van der Waals surface area contributed by atoms with Crippen molar-refractivity contribution in [2.24, 2.45) is 5.11 Å². The molecule has 0 radical (unpaired) electrons. The number of aliphatic carboxylic acids is 1. The number of methoxy groups -OCH3 is 1. The minimum atomic E-state index is -1.32. The molecule has 0 aromatic heterocycles. The van der Waals surface area contributed by atoms with Crippen LogP contribution in [-0.2, 0) is 4.79 Å². The van der Waals surface area contributed by atoms with Crippen molar-refractivity contribution in [1.82, 2.24) is 0 Å². The van der Waals surface area contributed by atoms with E-state index in [1.807, 2.05) is 0 Å². The van der Waals surface area contributed by atoms with Crippen molar-refractivity contribution in [1.29, 1.82) is 0 Å². The number of hydrogen-bond donors (Lipinski definition) is 1. The van der Waals surface area contributed by atoms with Gasteiger partial charge in [0.15, 0.2) is 0 Å². The fraction of sp³-hybridized carbons (Fsp3) is 0.182. The maximum Gasteiger partial charge on any atom is 0.338 e. The molecule has 0 aliphatic rings. The first-order valence-electron chi connectivity index (χ1n) is 4.84. The van der Waals surface area contributed by atoms with Crippen LogP contribution >= 0.6 is 11.6 Å². The van der Waals surface area contributed by atoms with Gasteiger partial charge in [0.05, 0.1) is 12.1 Å². The van der Waals surface area contributed by atoms with Crippen LogP contribution in [0.1, 0.15) is 11.1 Å². The van der Waals surface area contributed by atoms with Crippen LogP contribution in [0.4, 0.5) is 0 Å². The molecule has 0 atom stereocenters. The van der Waals surface area contributed by atoms with Crippen LogP contribution in [0.2, 0.25) is 5.02 Å². The second-order valence-corrected chi connectivity index (χ2v) is 3.70. The van der Waals surface area contributed by atoms with Crippen LogP contribution in [0.25, 0.3) is 16.5 Å². The minimum absolute atomic E-state index is 0.348. The van der Waals surface area contributed by atoms with E-state index in [9.17, 15) is 4.79 Å². The van der Waals surface area contributed by atoms with Gasteiger partial charge in [0.25, 0.3) is 0 Å². The summed E-state index contributed by atoms with van der Waals surface area (Å²) in [7, 11) is 1.51. The van der Waals surface area contributed by atoms with Gasteiger partial charge >= 0.3 is 5.97 Å². The van der Waals surface area contributed by atoms with Gasteiger partial charge in [-0.25, -0.2) is 4.79 Å². The Morgan fingerprint density at radius 2 is 2.28 bits per heavy atom. The molecule has 0 aliphatic heterocycles. The summed E-state index contributed by atoms with van der Waals surface area (Å²) in [5, 5.41) is 12.3. The van der Waals surface area contributed by atoms with E-state index in [-0.39, 0.29) is 0 Å². The number of nitrogens with zero attached hydrogens (tertiary/aromatic N) is 3. The molecule has 0 spiro atoms. The Morgan fingerprint density at radius 3 is 2.78 bits per heavy atom. The molecule has 1 aromatic carbocycles. The van der Waals surface area contributed by atoms with Crippen LogP contribution in [0.15, 0.2) is 22.9 Å². The standard InChI is InChI=1S/C11H10ClN3O3/c1-6-9(18-2)4-3-7(10(6)12)5-8(11(16)17)14-15-13/h3-5H,1-2H3,(H,16,17)/b8-5-. The summed E-state index contributed by atoms with van der Waals surface area (Å²) in [5.41, 5.74) is 8.97. The highest BCUT2D eigenvalue weighted by Crippen LogP contribution is 2.30. The van der Waals surface area contributed by atoms with Gasteiger partial charge < -0.3 is 9.84 Å². The maximum absolute atomic E-state index is 10.8. The fourth-order valence-electron chi connectivity index (χ4n) is 1.35. The number of azide groups is 1. The minimum Gasteiger partial charge on any atom is -0.496 e. The number of rotatable bonds is 4. The van der Waals surface area contributed by atoms with Crippen molar-refractivity contribution in [2.75, 3.05) is 7.11 Å². The molecule has 0 unspecified atom stereocenters. The molecule has 0 saturated carbocycles. The molecule has 1 rings (SSSR count).